The van der Waals surface area contributed by atoms with E-state index in [1.165, 1.54) is 164 Å². The van der Waals surface area contributed by atoms with E-state index < -0.39 is 15.2 Å². The van der Waals surface area contributed by atoms with Gasteiger partial charge in [-0.05, 0) is 73.3 Å². The predicted octanol–water partition coefficient (Wildman–Crippen LogP) is 12.2. The van der Waals surface area contributed by atoms with Crippen LogP contribution in [0.15, 0.2) is 36.4 Å². The summed E-state index contributed by atoms with van der Waals surface area (Å²) in [6, 6.07) is 10.5. The minimum absolute atomic E-state index is 0.294. The monoisotopic (exact) mass is 827 g/mol. The summed E-state index contributed by atoms with van der Waals surface area (Å²) < 4.78 is 35.2. The van der Waals surface area contributed by atoms with Crippen molar-refractivity contribution < 1.29 is 36.9 Å². The van der Waals surface area contributed by atoms with Crippen LogP contribution in [0, 0.1) is 0 Å². The maximum absolute atomic E-state index is 11.7. The Balaban J connectivity index is 0.000000823. The van der Waals surface area contributed by atoms with Crippen LogP contribution in [0.1, 0.15) is 169 Å². The zero-order chi connectivity index (χ0) is 42.4. The van der Waals surface area contributed by atoms with Crippen molar-refractivity contribution in [2.24, 2.45) is 0 Å². The summed E-state index contributed by atoms with van der Waals surface area (Å²) in [4.78, 5) is 23.4. The van der Waals surface area contributed by atoms with E-state index in [1.807, 2.05) is 0 Å². The first-order valence-electron chi connectivity index (χ1n) is 22.7. The Kier molecular flexibility index (Phi) is 31.2. The lowest BCUT2D eigenvalue weighted by atomic mass is 10.0. The first-order valence-corrected chi connectivity index (χ1v) is 26.1. The Morgan fingerprint density at radius 1 is 0.482 bits per heavy atom. The highest BCUT2D eigenvalue weighted by molar-refractivity contribution is 7.50. The van der Waals surface area contributed by atoms with Gasteiger partial charge in [-0.1, -0.05) is 143 Å². The Labute approximate surface area is 346 Å². The van der Waals surface area contributed by atoms with Crippen molar-refractivity contribution in [1.29, 1.82) is 0 Å². The lowest BCUT2D eigenvalue weighted by molar-refractivity contribution is -0.929. The summed E-state index contributed by atoms with van der Waals surface area (Å²) in [6.45, 7) is 30.0. The highest BCUT2D eigenvalue weighted by Gasteiger charge is 2.26. The van der Waals surface area contributed by atoms with E-state index in [2.05, 4.69) is 64.4 Å². The van der Waals surface area contributed by atoms with E-state index in [0.29, 0.717) is 11.1 Å². The van der Waals surface area contributed by atoms with Crippen LogP contribution in [0.5, 0.6) is 0 Å². The molecule has 0 aliphatic carbocycles. The standard InChI is InChI=1S/2C16H36N.C14H18O6P2/c2*1-5-9-13-17(14-10-6-2,15-11-7-3)16-12-8-4;1-19-21(15,16)9-11-7-12-5-3-4-6-14(12)13(8-11)10-22(17,18)20-2/h2*5-16H2,1-4H3;3-8H,9-10H2,1-2H3,(H,15,16)(H,17,18)/q2*+1;/p-2. The molecule has 0 aliphatic rings. The van der Waals surface area contributed by atoms with Gasteiger partial charge in [0.05, 0.1) is 52.4 Å². The Morgan fingerprint density at radius 2 is 0.786 bits per heavy atom. The first-order chi connectivity index (χ1) is 26.7. The van der Waals surface area contributed by atoms with Crippen LogP contribution in [0.2, 0.25) is 0 Å². The van der Waals surface area contributed by atoms with Crippen molar-refractivity contribution in [2.75, 3.05) is 66.6 Å². The Bertz CT molecular complexity index is 1250. The van der Waals surface area contributed by atoms with Crippen LogP contribution in [0.25, 0.3) is 10.8 Å². The van der Waals surface area contributed by atoms with Gasteiger partial charge in [0.1, 0.15) is 15.2 Å². The van der Waals surface area contributed by atoms with Gasteiger partial charge >= 0.3 is 0 Å². The largest absolute Gasteiger partial charge is 0.778 e. The minimum Gasteiger partial charge on any atom is -0.778 e. The van der Waals surface area contributed by atoms with Crippen molar-refractivity contribution in [1.82, 2.24) is 0 Å². The average molecular weight is 827 g/mol. The van der Waals surface area contributed by atoms with Crippen molar-refractivity contribution in [3.63, 3.8) is 0 Å². The van der Waals surface area contributed by atoms with E-state index in [9.17, 15) is 18.9 Å². The van der Waals surface area contributed by atoms with Gasteiger partial charge in [0.25, 0.3) is 0 Å². The van der Waals surface area contributed by atoms with Gasteiger partial charge in [-0.2, -0.15) is 0 Å². The van der Waals surface area contributed by atoms with Crippen LogP contribution in [-0.2, 0) is 30.5 Å². The Morgan fingerprint density at radius 3 is 1.09 bits per heavy atom. The van der Waals surface area contributed by atoms with E-state index in [0.717, 1.165) is 25.0 Å². The molecule has 2 aromatic rings. The fourth-order valence-corrected chi connectivity index (χ4v) is 9.10. The van der Waals surface area contributed by atoms with Crippen molar-refractivity contribution in [3.8, 4) is 0 Å². The summed E-state index contributed by atoms with van der Waals surface area (Å²) in [5.41, 5.74) is 0.981. The lowest BCUT2D eigenvalue weighted by Crippen LogP contribution is -2.50. The summed E-state index contributed by atoms with van der Waals surface area (Å²) >= 11 is 0. The van der Waals surface area contributed by atoms with E-state index >= 15 is 0 Å². The fraction of sp³-hybridized carbons (Fsp3) is 0.783. The van der Waals surface area contributed by atoms with E-state index in [4.69, 9.17) is 0 Å². The molecule has 56 heavy (non-hydrogen) atoms. The van der Waals surface area contributed by atoms with Crippen molar-refractivity contribution in [3.05, 3.63) is 47.5 Å². The van der Waals surface area contributed by atoms with Crippen molar-refractivity contribution >= 4 is 26.0 Å². The fourth-order valence-electron chi connectivity index (χ4n) is 7.53. The average Bonchev–Trinajstić information content (AvgIpc) is 3.20. The molecule has 0 aliphatic heterocycles. The van der Waals surface area contributed by atoms with E-state index in [1.54, 1.807) is 36.4 Å². The number of hydrogen-bond donors (Lipinski definition) is 0. The lowest BCUT2D eigenvalue weighted by Gasteiger charge is -2.39. The molecule has 0 heterocycles. The third-order valence-electron chi connectivity index (χ3n) is 11.2. The maximum Gasteiger partial charge on any atom is 0.139 e. The number of hydrogen-bond acceptors (Lipinski definition) is 6. The second-order valence-corrected chi connectivity index (χ2v) is 20.0. The van der Waals surface area contributed by atoms with Crippen molar-refractivity contribution in [2.45, 2.75) is 170 Å². The molecule has 0 aromatic heterocycles. The highest BCUT2D eigenvalue weighted by Crippen LogP contribution is 2.44. The van der Waals surface area contributed by atoms with Crippen LogP contribution in [0.3, 0.4) is 0 Å². The molecule has 0 bridgehead atoms. The molecular weight excluding hydrogens is 738 g/mol. The normalized spacial score (nSPS) is 14.0. The smallest absolute Gasteiger partial charge is 0.139 e. The molecule has 328 valence electrons. The van der Waals surface area contributed by atoms with Gasteiger partial charge in [0, 0.05) is 26.5 Å². The van der Waals surface area contributed by atoms with Gasteiger partial charge < -0.3 is 36.9 Å². The molecule has 2 aromatic carbocycles. The number of fused-ring (bicyclic) bond motifs is 1. The number of unbranched alkanes of at least 4 members (excludes halogenated alkanes) is 8. The van der Waals surface area contributed by atoms with Crippen LogP contribution in [-0.4, -0.2) is 75.5 Å². The van der Waals surface area contributed by atoms with Gasteiger partial charge in [0.15, 0.2) is 0 Å². The van der Waals surface area contributed by atoms with Gasteiger partial charge in [-0.25, -0.2) is 0 Å². The summed E-state index contributed by atoms with van der Waals surface area (Å²) in [7, 11) is -5.77. The second kappa shape index (κ2) is 31.8. The first kappa shape index (κ1) is 54.9. The summed E-state index contributed by atoms with van der Waals surface area (Å²) in [5, 5.41) is 1.51. The molecule has 0 spiro atoms. The maximum atomic E-state index is 11.7. The molecule has 0 saturated heterocycles. The van der Waals surface area contributed by atoms with Crippen LogP contribution < -0.4 is 9.79 Å². The van der Waals surface area contributed by atoms with Gasteiger partial charge in [-0.3, -0.25) is 0 Å². The second-order valence-electron chi connectivity index (χ2n) is 16.2. The highest BCUT2D eigenvalue weighted by atomic mass is 31.2. The summed E-state index contributed by atoms with van der Waals surface area (Å²) in [6.07, 6.45) is 21.5. The third-order valence-corrected chi connectivity index (χ3v) is 13.8. The zero-order valence-electron chi connectivity index (χ0n) is 38.1. The van der Waals surface area contributed by atoms with Gasteiger partial charge in [-0.15, -0.1) is 0 Å². The molecule has 0 fully saturated rings. The molecule has 0 saturated carbocycles. The van der Waals surface area contributed by atoms with Crippen LogP contribution >= 0.6 is 15.2 Å². The molecule has 2 unspecified atom stereocenters. The molecular formula is C46H88N2O6P2. The summed E-state index contributed by atoms with van der Waals surface area (Å²) in [5.74, 6) is 0. The number of rotatable bonds is 30. The topological polar surface area (TPSA) is 98.7 Å². The minimum atomic E-state index is -4.01. The molecule has 2 rings (SSSR count). The van der Waals surface area contributed by atoms with Crippen LogP contribution in [0.4, 0.5) is 0 Å². The quantitative estimate of drug-likeness (QED) is 0.0574. The number of nitrogens with zero attached hydrogens (tertiary/aromatic N) is 2. The predicted molar refractivity (Wildman–Crippen MR) is 239 cm³/mol. The molecule has 0 N–H and O–H groups in total. The molecule has 8 nitrogen and oxygen atoms in total. The molecule has 0 radical (unpaired) electrons. The zero-order valence-corrected chi connectivity index (χ0v) is 39.9. The molecule has 2 atom stereocenters. The van der Waals surface area contributed by atoms with E-state index in [-0.39, 0.29) is 12.3 Å². The Hall–Kier alpha value is -1.08. The number of benzene rings is 2. The number of quaternary nitrogens is 2. The molecule has 10 heteroatoms. The van der Waals surface area contributed by atoms with Gasteiger partial charge in [0.2, 0.25) is 0 Å². The SMILES string of the molecule is CCCC[N+](CCCC)(CCCC)CCCC.CCCC[N+](CCCC)(CCCC)CCCC.COP(=O)([O-])Cc1cc(CP(=O)([O-])OC)c2ccccc2c1. The molecule has 0 amide bonds. The third kappa shape index (κ3) is 23.5.